The van der Waals surface area contributed by atoms with E-state index in [0.717, 1.165) is 58.7 Å². The van der Waals surface area contributed by atoms with Crippen LogP contribution in [-0.2, 0) is 19.1 Å². The van der Waals surface area contributed by atoms with Crippen molar-refractivity contribution in [3.8, 4) is 33.6 Å². The van der Waals surface area contributed by atoms with Gasteiger partial charge in [-0.2, -0.15) is 0 Å². The van der Waals surface area contributed by atoms with Gasteiger partial charge in [-0.25, -0.2) is 19.6 Å². The Kier molecular flexibility index (Phi) is 12.4. The molecule has 4 aromatic rings. The molecule has 1 saturated heterocycles. The maximum atomic E-state index is 13.9. The average molecular weight is 781 g/mol. The second-order valence-electron chi connectivity index (χ2n) is 16.3. The zero-order valence-electron chi connectivity index (χ0n) is 34.3. The predicted molar refractivity (Wildman–Crippen MR) is 216 cm³/mol. The minimum Gasteiger partial charge on any atom is -0.453 e. The number of alkyl carbamates (subject to hydrolysis) is 2. The summed E-state index contributed by atoms with van der Waals surface area (Å²) in [5.41, 5.74) is 5.75. The van der Waals surface area contributed by atoms with Gasteiger partial charge in [-0.1, -0.05) is 90.1 Å². The van der Waals surface area contributed by atoms with Crippen molar-refractivity contribution < 1.29 is 28.7 Å². The van der Waals surface area contributed by atoms with Gasteiger partial charge in [-0.05, 0) is 65.2 Å². The molecule has 2 aromatic heterocycles. The van der Waals surface area contributed by atoms with Gasteiger partial charge in [0.15, 0.2) is 0 Å². The Morgan fingerprint density at radius 2 is 1.23 bits per heavy atom. The smallest absolute Gasteiger partial charge is 0.407 e. The van der Waals surface area contributed by atoms with Crippen molar-refractivity contribution in [2.24, 2.45) is 23.7 Å². The van der Waals surface area contributed by atoms with E-state index in [1.165, 1.54) is 14.2 Å². The highest BCUT2D eigenvalue weighted by molar-refractivity contribution is 5.87. The first-order valence-electron chi connectivity index (χ1n) is 19.8. The van der Waals surface area contributed by atoms with Gasteiger partial charge >= 0.3 is 12.2 Å². The third-order valence-corrected chi connectivity index (χ3v) is 11.5. The highest BCUT2D eigenvalue weighted by atomic mass is 16.5. The highest BCUT2D eigenvalue weighted by Crippen LogP contribution is 2.50. The molecule has 14 heteroatoms. The fourth-order valence-corrected chi connectivity index (χ4v) is 8.47. The number of piperidine rings is 1. The number of fused-ring (bicyclic) bond motifs is 2. The molecule has 6 rings (SSSR count). The number of aromatic nitrogens is 4. The van der Waals surface area contributed by atoms with Crippen LogP contribution >= 0.6 is 0 Å². The van der Waals surface area contributed by atoms with Gasteiger partial charge in [0.25, 0.3) is 0 Å². The van der Waals surface area contributed by atoms with E-state index in [1.54, 1.807) is 18.1 Å². The highest BCUT2D eigenvalue weighted by Gasteiger charge is 2.51. The number of amides is 4. The van der Waals surface area contributed by atoms with Crippen molar-refractivity contribution in [1.29, 1.82) is 0 Å². The molecule has 2 fully saturated rings. The first-order valence-corrected chi connectivity index (χ1v) is 19.8. The molecule has 4 N–H and O–H groups in total. The number of H-pyrrole nitrogens is 2. The maximum absolute atomic E-state index is 13.9. The number of carbonyl (C=O) groups excluding carboxylic acids is 4. The van der Waals surface area contributed by atoms with Gasteiger partial charge in [-0.3, -0.25) is 9.59 Å². The third-order valence-electron chi connectivity index (χ3n) is 11.5. The summed E-state index contributed by atoms with van der Waals surface area (Å²) < 4.78 is 9.57. The molecule has 57 heavy (non-hydrogen) atoms. The van der Waals surface area contributed by atoms with Crippen molar-refractivity contribution in [3.63, 3.8) is 0 Å². The van der Waals surface area contributed by atoms with Crippen LogP contribution < -0.4 is 10.6 Å². The van der Waals surface area contributed by atoms with Crippen LogP contribution in [0, 0.1) is 23.7 Å². The fourth-order valence-electron chi connectivity index (χ4n) is 8.47. The van der Waals surface area contributed by atoms with Crippen molar-refractivity contribution in [1.82, 2.24) is 40.4 Å². The molecule has 2 aliphatic rings. The first-order chi connectivity index (χ1) is 27.2. The van der Waals surface area contributed by atoms with Crippen molar-refractivity contribution in [2.75, 3.05) is 21.3 Å². The number of rotatable bonds is 13. The topological polar surface area (TPSA) is 175 Å². The molecule has 304 valence electrons. The van der Waals surface area contributed by atoms with E-state index in [9.17, 15) is 19.2 Å². The number of methoxy groups -OCH3 is 2. The molecular weight excluding hydrogens is 725 g/mol. The minimum absolute atomic E-state index is 0.0404. The van der Waals surface area contributed by atoms with Gasteiger partial charge in [0.1, 0.15) is 23.7 Å². The number of hydrogen-bond acceptors (Lipinski definition) is 8. The minimum atomic E-state index is -0.742. The van der Waals surface area contributed by atoms with Crippen molar-refractivity contribution >= 4 is 24.0 Å². The number of imidazole rings is 2. The lowest BCUT2D eigenvalue weighted by Gasteiger charge is -2.37. The quantitative estimate of drug-likeness (QED) is 0.111. The second kappa shape index (κ2) is 17.2. The number of hydrogen-bond donors (Lipinski definition) is 4. The molecule has 4 amide bonds. The molecule has 0 radical (unpaired) electrons. The number of benzene rings is 2. The van der Waals surface area contributed by atoms with Crippen molar-refractivity contribution in [3.05, 3.63) is 72.6 Å². The fraction of sp³-hybridized carbons (Fsp3) is 0.488. The Labute approximate surface area is 334 Å². The summed E-state index contributed by atoms with van der Waals surface area (Å²) in [4.78, 5) is 71.6. The van der Waals surface area contributed by atoms with Crippen LogP contribution in [0.5, 0.6) is 0 Å². The number of nitrogens with one attached hydrogen (secondary N) is 4. The Morgan fingerprint density at radius 1 is 0.719 bits per heavy atom. The Balaban J connectivity index is 1.14. The Bertz CT molecular complexity index is 2040. The normalized spacial score (nSPS) is 19.1. The monoisotopic (exact) mass is 780 g/mol. The zero-order chi connectivity index (χ0) is 41.1. The lowest BCUT2D eigenvalue weighted by atomic mass is 9.95. The number of ether oxygens (including phenoxy) is 2. The summed E-state index contributed by atoms with van der Waals surface area (Å²) in [5, 5.41) is 5.42. The predicted octanol–water partition coefficient (Wildman–Crippen LogP) is 7.10. The zero-order valence-corrected chi connectivity index (χ0v) is 34.3. The maximum Gasteiger partial charge on any atom is 0.407 e. The largest absolute Gasteiger partial charge is 0.453 e. The van der Waals surface area contributed by atoms with Crippen LogP contribution in [0.1, 0.15) is 84.5 Å². The van der Waals surface area contributed by atoms with E-state index in [4.69, 9.17) is 14.5 Å². The number of likely N-dealkylation sites (N-methyl/N-ethyl adjacent to an activating group) is 1. The Morgan fingerprint density at radius 3 is 1.75 bits per heavy atom. The molecule has 2 aromatic carbocycles. The molecule has 14 nitrogen and oxygen atoms in total. The summed E-state index contributed by atoms with van der Waals surface area (Å²) in [6.07, 6.45) is 5.27. The van der Waals surface area contributed by atoms with Gasteiger partial charge in [0.2, 0.25) is 11.8 Å². The molecule has 1 aliphatic carbocycles. The summed E-state index contributed by atoms with van der Waals surface area (Å²) in [5.74, 6) is 1.21. The van der Waals surface area contributed by atoms with Crippen molar-refractivity contribution in [2.45, 2.75) is 91.0 Å². The van der Waals surface area contributed by atoms with Crippen LogP contribution in [0.2, 0.25) is 0 Å². The van der Waals surface area contributed by atoms with E-state index in [2.05, 4.69) is 62.0 Å². The van der Waals surface area contributed by atoms with Gasteiger partial charge < -0.3 is 39.9 Å². The first kappa shape index (κ1) is 41.0. The average Bonchev–Trinajstić information content (AvgIpc) is 4.04. The third kappa shape index (κ3) is 8.54. The molecular formula is C43H56N8O6. The molecule has 3 heterocycles. The lowest BCUT2D eigenvalue weighted by Crippen LogP contribution is -2.54. The number of nitrogens with zero attached hydrogens (tertiary/aromatic N) is 4. The van der Waals surface area contributed by atoms with E-state index in [-0.39, 0.29) is 47.7 Å². The van der Waals surface area contributed by atoms with E-state index < -0.39 is 24.3 Å². The number of carbonyl (C=O) groups is 4. The van der Waals surface area contributed by atoms with Gasteiger partial charge in [0, 0.05) is 13.1 Å². The summed E-state index contributed by atoms with van der Waals surface area (Å²) in [7, 11) is 4.32. The molecule has 1 aliphatic heterocycles. The Hall–Kier alpha value is -5.66. The standard InChI is InChI=1S/C43H56N8O6/c1-23(2)34(48-42(54)56-8)40(52)50(7)36(25(5)6)38-44-21-32(46-38)28-14-10-26(11-15-28)27-12-16-29(17-13-27)33-22-45-39(47-33)37-30-18-19-31(20-30)51(37)41(53)35(24(3)4)49-43(55)57-9/h10-17,21-25,30-31,34-37H,18-20H2,1-9H3,(H,44,46)(H,45,47)(H,48,54)(H,49,55)/t30-,31-,34-,35+,36-,37+/m0/s1. The summed E-state index contributed by atoms with van der Waals surface area (Å²) >= 11 is 0. The molecule has 0 unspecified atom stereocenters. The van der Waals surface area contributed by atoms with Crippen LogP contribution in [0.25, 0.3) is 33.6 Å². The van der Waals surface area contributed by atoms with E-state index >= 15 is 0 Å². The lowest BCUT2D eigenvalue weighted by molar-refractivity contribution is -0.139. The van der Waals surface area contributed by atoms with Crippen LogP contribution in [-0.4, -0.2) is 93.1 Å². The van der Waals surface area contributed by atoms with E-state index in [0.29, 0.717) is 11.7 Å². The van der Waals surface area contributed by atoms with Gasteiger partial charge in [-0.15, -0.1) is 0 Å². The molecule has 6 atom stereocenters. The van der Waals surface area contributed by atoms with Crippen LogP contribution in [0.15, 0.2) is 60.9 Å². The SMILES string of the molecule is COC(=O)N[C@H](C(=O)N(C)[C@H](c1ncc(-c2ccc(-c3ccc(-c4cnc([C@H]5[C@H]6CC[C@@H](C6)N5C(=O)[C@H](NC(=O)OC)C(C)C)[nH]4)cc3)cc2)[nH]1)C(C)C)C(C)C. The van der Waals surface area contributed by atoms with E-state index in [1.807, 2.05) is 64.8 Å². The van der Waals surface area contributed by atoms with Crippen LogP contribution in [0.4, 0.5) is 9.59 Å². The number of likely N-dealkylation sites (tertiary alicyclic amines) is 1. The van der Waals surface area contributed by atoms with Crippen LogP contribution in [0.3, 0.4) is 0 Å². The number of aromatic amines is 2. The molecule has 2 bridgehead atoms. The second-order valence-corrected chi connectivity index (χ2v) is 16.3. The molecule has 1 saturated carbocycles. The molecule has 0 spiro atoms. The summed E-state index contributed by atoms with van der Waals surface area (Å²) in [6, 6.07) is 14.7. The van der Waals surface area contributed by atoms with Gasteiger partial charge in [0.05, 0.1) is 50.1 Å². The summed E-state index contributed by atoms with van der Waals surface area (Å²) in [6.45, 7) is 11.7.